The number of ether oxygens (including phenoxy) is 5. The largest absolute Gasteiger partial charge is 0.493 e. The molecule has 0 radical (unpaired) electrons. The van der Waals surface area contributed by atoms with Gasteiger partial charge >= 0.3 is 0 Å². The molecule has 0 amide bonds. The molecule has 3 rings (SSSR count). The second-order valence-corrected chi connectivity index (χ2v) is 6.70. The van der Waals surface area contributed by atoms with E-state index in [9.17, 15) is 0 Å². The van der Waals surface area contributed by atoms with Gasteiger partial charge in [-0.1, -0.05) is 36.4 Å². The predicted octanol–water partition coefficient (Wildman–Crippen LogP) is 4.04. The number of methoxy groups -OCH3 is 4. The maximum absolute atomic E-state index is 5.92. The van der Waals surface area contributed by atoms with Crippen LogP contribution in [0.3, 0.4) is 0 Å². The average Bonchev–Trinajstić information content (AvgIpc) is 3.19. The topological polar surface area (TPSA) is 46.2 Å². The van der Waals surface area contributed by atoms with Crippen LogP contribution in [-0.4, -0.2) is 41.7 Å². The standard InChI is InChI=1S/C22H28O5/c1-23-19-11-10-16(12-20(19)24-2)22(26-4)18-14-27-13-17(18)21(25-3)15-8-6-5-7-9-15/h5-12,17-18,21-22H,13-14H2,1-4H3/t17-,18-,21-,22-/m1/s1. The van der Waals surface area contributed by atoms with Crippen LogP contribution in [0.1, 0.15) is 23.3 Å². The zero-order valence-corrected chi connectivity index (χ0v) is 16.4. The molecule has 146 valence electrons. The Morgan fingerprint density at radius 3 is 1.89 bits per heavy atom. The molecule has 1 aliphatic rings. The first-order valence-corrected chi connectivity index (χ1v) is 9.13. The Morgan fingerprint density at radius 2 is 1.33 bits per heavy atom. The summed E-state index contributed by atoms with van der Waals surface area (Å²) in [5.74, 6) is 1.75. The molecule has 2 aromatic rings. The summed E-state index contributed by atoms with van der Waals surface area (Å²) in [6.45, 7) is 1.27. The fourth-order valence-electron chi connectivity index (χ4n) is 4.00. The van der Waals surface area contributed by atoms with Crippen LogP contribution in [-0.2, 0) is 14.2 Å². The number of hydrogen-bond donors (Lipinski definition) is 0. The predicted molar refractivity (Wildman–Crippen MR) is 103 cm³/mol. The molecule has 2 aromatic carbocycles. The molecule has 27 heavy (non-hydrogen) atoms. The van der Waals surface area contributed by atoms with Gasteiger partial charge in [0.2, 0.25) is 0 Å². The molecule has 5 nitrogen and oxygen atoms in total. The van der Waals surface area contributed by atoms with Gasteiger partial charge in [0.25, 0.3) is 0 Å². The molecule has 1 saturated heterocycles. The van der Waals surface area contributed by atoms with Crippen LogP contribution in [0, 0.1) is 11.8 Å². The highest BCUT2D eigenvalue weighted by molar-refractivity contribution is 5.43. The first kappa shape index (κ1) is 19.7. The molecular formula is C22H28O5. The van der Waals surface area contributed by atoms with Crippen molar-refractivity contribution < 1.29 is 23.7 Å². The third-order valence-electron chi connectivity index (χ3n) is 5.32. The second kappa shape index (κ2) is 9.22. The van der Waals surface area contributed by atoms with Crippen molar-refractivity contribution in [1.82, 2.24) is 0 Å². The van der Waals surface area contributed by atoms with Gasteiger partial charge in [-0.05, 0) is 23.3 Å². The zero-order chi connectivity index (χ0) is 19.2. The zero-order valence-electron chi connectivity index (χ0n) is 16.4. The van der Waals surface area contributed by atoms with Gasteiger partial charge in [-0.15, -0.1) is 0 Å². The SMILES string of the molecule is COc1ccc([C@@H](OC)[C@@H]2COC[C@H]2[C@H](OC)c2ccccc2)cc1OC. The molecule has 0 spiro atoms. The van der Waals surface area contributed by atoms with Crippen LogP contribution < -0.4 is 9.47 Å². The van der Waals surface area contributed by atoms with Crippen LogP contribution >= 0.6 is 0 Å². The Morgan fingerprint density at radius 1 is 0.741 bits per heavy atom. The van der Waals surface area contributed by atoms with Gasteiger partial charge in [0.05, 0.1) is 39.6 Å². The normalized spacial score (nSPS) is 21.6. The van der Waals surface area contributed by atoms with Crippen molar-refractivity contribution in [3.63, 3.8) is 0 Å². The lowest BCUT2D eigenvalue weighted by Gasteiger charge is -2.31. The van der Waals surface area contributed by atoms with Gasteiger partial charge < -0.3 is 23.7 Å². The van der Waals surface area contributed by atoms with Crippen molar-refractivity contribution in [2.75, 3.05) is 41.7 Å². The van der Waals surface area contributed by atoms with E-state index in [0.29, 0.717) is 24.7 Å². The summed E-state index contributed by atoms with van der Waals surface area (Å²) in [5, 5.41) is 0. The summed E-state index contributed by atoms with van der Waals surface area (Å²) in [6.07, 6.45) is -0.171. The van der Waals surface area contributed by atoms with Crippen LogP contribution in [0.4, 0.5) is 0 Å². The van der Waals surface area contributed by atoms with E-state index in [1.165, 1.54) is 0 Å². The minimum absolute atomic E-state index is 0.0449. The molecule has 0 aliphatic carbocycles. The summed E-state index contributed by atoms with van der Waals surface area (Å²) in [4.78, 5) is 0. The first-order valence-electron chi connectivity index (χ1n) is 9.13. The molecule has 1 aliphatic heterocycles. The van der Waals surface area contributed by atoms with Crippen molar-refractivity contribution in [1.29, 1.82) is 0 Å². The van der Waals surface area contributed by atoms with Crippen molar-refractivity contribution in [2.45, 2.75) is 12.2 Å². The van der Waals surface area contributed by atoms with E-state index in [0.717, 1.165) is 11.1 Å². The van der Waals surface area contributed by atoms with Crippen LogP contribution in [0.15, 0.2) is 48.5 Å². The molecule has 4 atom stereocenters. The Kier molecular flexibility index (Phi) is 6.72. The summed E-state index contributed by atoms with van der Waals surface area (Å²) < 4.78 is 28.5. The number of hydrogen-bond acceptors (Lipinski definition) is 5. The molecule has 1 fully saturated rings. The third kappa shape index (κ3) is 4.10. The lowest BCUT2D eigenvalue weighted by Crippen LogP contribution is -2.28. The highest BCUT2D eigenvalue weighted by Gasteiger charge is 2.41. The Labute approximate surface area is 161 Å². The summed E-state index contributed by atoms with van der Waals surface area (Å²) >= 11 is 0. The molecule has 0 unspecified atom stereocenters. The molecule has 0 bridgehead atoms. The van der Waals surface area contributed by atoms with Crippen molar-refractivity contribution in [3.05, 3.63) is 59.7 Å². The molecule has 0 aromatic heterocycles. The van der Waals surface area contributed by atoms with E-state index in [1.54, 1.807) is 28.4 Å². The first-order chi connectivity index (χ1) is 13.2. The lowest BCUT2D eigenvalue weighted by molar-refractivity contribution is -0.0140. The average molecular weight is 372 g/mol. The molecule has 0 saturated carbocycles. The minimum atomic E-state index is -0.126. The monoisotopic (exact) mass is 372 g/mol. The van der Waals surface area contributed by atoms with Crippen molar-refractivity contribution in [3.8, 4) is 11.5 Å². The Bertz CT molecular complexity index is 718. The van der Waals surface area contributed by atoms with E-state index in [2.05, 4.69) is 12.1 Å². The van der Waals surface area contributed by atoms with Gasteiger partial charge in [-0.2, -0.15) is 0 Å². The number of rotatable bonds is 8. The van der Waals surface area contributed by atoms with Gasteiger partial charge in [0.15, 0.2) is 11.5 Å². The highest BCUT2D eigenvalue weighted by atomic mass is 16.5. The smallest absolute Gasteiger partial charge is 0.161 e. The summed E-state index contributed by atoms with van der Waals surface area (Å²) in [6, 6.07) is 16.2. The molecular weight excluding hydrogens is 344 g/mol. The van der Waals surface area contributed by atoms with Gasteiger partial charge in [-0.3, -0.25) is 0 Å². The quantitative estimate of drug-likeness (QED) is 0.700. The van der Waals surface area contributed by atoms with Crippen molar-refractivity contribution in [2.24, 2.45) is 11.8 Å². The van der Waals surface area contributed by atoms with Crippen LogP contribution in [0.2, 0.25) is 0 Å². The molecule has 1 heterocycles. The number of benzene rings is 2. The van der Waals surface area contributed by atoms with E-state index in [-0.39, 0.29) is 24.0 Å². The maximum Gasteiger partial charge on any atom is 0.161 e. The van der Waals surface area contributed by atoms with Crippen LogP contribution in [0.5, 0.6) is 11.5 Å². The second-order valence-electron chi connectivity index (χ2n) is 6.70. The van der Waals surface area contributed by atoms with E-state index >= 15 is 0 Å². The Hall–Kier alpha value is -2.08. The minimum Gasteiger partial charge on any atom is -0.493 e. The van der Waals surface area contributed by atoms with Gasteiger partial charge in [0, 0.05) is 26.1 Å². The maximum atomic E-state index is 5.92. The third-order valence-corrected chi connectivity index (χ3v) is 5.32. The molecule has 5 heteroatoms. The highest BCUT2D eigenvalue weighted by Crippen LogP contribution is 2.44. The van der Waals surface area contributed by atoms with E-state index in [4.69, 9.17) is 23.7 Å². The van der Waals surface area contributed by atoms with Gasteiger partial charge in [0.1, 0.15) is 0 Å². The fourth-order valence-corrected chi connectivity index (χ4v) is 4.00. The fraction of sp³-hybridized carbons (Fsp3) is 0.455. The summed E-state index contributed by atoms with van der Waals surface area (Å²) in [5.41, 5.74) is 2.20. The van der Waals surface area contributed by atoms with Gasteiger partial charge in [-0.25, -0.2) is 0 Å². The van der Waals surface area contributed by atoms with Crippen LogP contribution in [0.25, 0.3) is 0 Å². The van der Waals surface area contributed by atoms with E-state index < -0.39 is 0 Å². The summed E-state index contributed by atoms with van der Waals surface area (Å²) in [7, 11) is 6.77. The molecule has 0 N–H and O–H groups in total. The van der Waals surface area contributed by atoms with E-state index in [1.807, 2.05) is 36.4 Å². The van der Waals surface area contributed by atoms with Crippen molar-refractivity contribution >= 4 is 0 Å². The Balaban J connectivity index is 1.90. The lowest BCUT2D eigenvalue weighted by atomic mass is 9.81.